The van der Waals surface area contributed by atoms with Gasteiger partial charge in [-0.1, -0.05) is 6.07 Å². The van der Waals surface area contributed by atoms with Crippen molar-refractivity contribution in [2.75, 3.05) is 5.75 Å². The fourth-order valence-electron chi connectivity index (χ4n) is 2.22. The van der Waals surface area contributed by atoms with Crippen molar-refractivity contribution in [1.29, 1.82) is 0 Å². The van der Waals surface area contributed by atoms with E-state index in [1.165, 1.54) is 24.3 Å². The molecular weight excluding hydrogens is 218 g/mol. The summed E-state index contributed by atoms with van der Waals surface area (Å²) in [6.45, 7) is 0.554. The highest BCUT2D eigenvalue weighted by atomic mass is 32.2. The van der Waals surface area contributed by atoms with E-state index in [1.54, 1.807) is 0 Å². The molecule has 3 heterocycles. The molecule has 1 fully saturated rings. The second-order valence-electron chi connectivity index (χ2n) is 4.14. The Balaban J connectivity index is 2.07. The van der Waals surface area contributed by atoms with E-state index in [-0.39, 0.29) is 0 Å². The molecule has 2 aromatic heterocycles. The SMILES string of the molecule is NCc1cccn2cc(C3CCCS3)nc12. The monoisotopic (exact) mass is 233 g/mol. The van der Waals surface area contributed by atoms with Crippen molar-refractivity contribution >= 4 is 17.4 Å². The fourth-order valence-corrected chi connectivity index (χ4v) is 3.45. The molecule has 1 atom stereocenters. The highest BCUT2D eigenvalue weighted by Gasteiger charge is 2.20. The molecule has 1 unspecified atom stereocenters. The van der Waals surface area contributed by atoms with Crippen LogP contribution in [0.1, 0.15) is 29.3 Å². The summed E-state index contributed by atoms with van der Waals surface area (Å²) in [5.41, 5.74) is 9.07. The summed E-state index contributed by atoms with van der Waals surface area (Å²) in [6, 6.07) is 4.08. The molecular formula is C12H15N3S. The number of hydrogen-bond acceptors (Lipinski definition) is 3. The van der Waals surface area contributed by atoms with Crippen molar-refractivity contribution in [1.82, 2.24) is 9.38 Å². The van der Waals surface area contributed by atoms with Gasteiger partial charge in [0.05, 0.1) is 5.69 Å². The van der Waals surface area contributed by atoms with Gasteiger partial charge in [0.2, 0.25) is 0 Å². The molecule has 16 heavy (non-hydrogen) atoms. The maximum atomic E-state index is 5.72. The molecule has 2 aromatic rings. The van der Waals surface area contributed by atoms with Gasteiger partial charge in [-0.3, -0.25) is 0 Å². The molecule has 84 valence electrons. The van der Waals surface area contributed by atoms with Crippen LogP contribution in [-0.4, -0.2) is 15.1 Å². The largest absolute Gasteiger partial charge is 0.326 e. The average molecular weight is 233 g/mol. The van der Waals surface area contributed by atoms with Crippen molar-refractivity contribution < 1.29 is 0 Å². The summed E-state index contributed by atoms with van der Waals surface area (Å²) in [6.07, 6.45) is 6.77. The quantitative estimate of drug-likeness (QED) is 0.866. The van der Waals surface area contributed by atoms with E-state index in [0.717, 1.165) is 11.2 Å². The van der Waals surface area contributed by atoms with Crippen LogP contribution >= 0.6 is 11.8 Å². The molecule has 3 nitrogen and oxygen atoms in total. The molecule has 1 saturated heterocycles. The number of fused-ring (bicyclic) bond motifs is 1. The fraction of sp³-hybridized carbons (Fsp3) is 0.417. The summed E-state index contributed by atoms with van der Waals surface area (Å²) >= 11 is 2.02. The molecule has 0 amide bonds. The standard InChI is InChI=1S/C12H15N3S/c13-7-9-3-1-5-15-8-10(14-12(9)15)11-4-2-6-16-11/h1,3,5,8,11H,2,4,6-7,13H2. The molecule has 1 aliphatic rings. The second-order valence-corrected chi connectivity index (χ2v) is 5.45. The summed E-state index contributed by atoms with van der Waals surface area (Å²) in [5, 5.41) is 0.588. The first kappa shape index (κ1) is 10.2. The zero-order chi connectivity index (χ0) is 11.0. The van der Waals surface area contributed by atoms with Gasteiger partial charge in [-0.15, -0.1) is 0 Å². The zero-order valence-corrected chi connectivity index (χ0v) is 9.91. The number of thioether (sulfide) groups is 1. The van der Waals surface area contributed by atoms with Gasteiger partial charge in [0, 0.05) is 29.8 Å². The Labute approximate surface area is 99.1 Å². The number of aromatic nitrogens is 2. The van der Waals surface area contributed by atoms with Gasteiger partial charge in [-0.05, 0) is 24.7 Å². The molecule has 3 rings (SSSR count). The lowest BCUT2D eigenvalue weighted by Crippen LogP contribution is -1.99. The number of imidazole rings is 1. The summed E-state index contributed by atoms with van der Waals surface area (Å²) in [7, 11) is 0. The van der Waals surface area contributed by atoms with Gasteiger partial charge in [-0.25, -0.2) is 4.98 Å². The predicted octanol–water partition coefficient (Wildman–Crippen LogP) is 2.36. The van der Waals surface area contributed by atoms with Gasteiger partial charge >= 0.3 is 0 Å². The van der Waals surface area contributed by atoms with Crippen molar-refractivity contribution in [2.45, 2.75) is 24.6 Å². The Hall–Kier alpha value is -1.00. The van der Waals surface area contributed by atoms with E-state index in [0.29, 0.717) is 11.8 Å². The maximum Gasteiger partial charge on any atom is 0.141 e. The Morgan fingerprint density at radius 1 is 1.56 bits per heavy atom. The Morgan fingerprint density at radius 3 is 3.25 bits per heavy atom. The average Bonchev–Trinajstić information content (AvgIpc) is 2.96. The highest BCUT2D eigenvalue weighted by molar-refractivity contribution is 7.99. The zero-order valence-electron chi connectivity index (χ0n) is 9.10. The third kappa shape index (κ3) is 1.62. The summed E-state index contributed by atoms with van der Waals surface area (Å²) in [5.74, 6) is 1.27. The molecule has 0 saturated carbocycles. The number of pyridine rings is 1. The third-order valence-corrected chi connectivity index (χ3v) is 4.47. The number of nitrogens with two attached hydrogens (primary N) is 1. The first-order valence-corrected chi connectivity index (χ1v) is 6.71. The maximum absolute atomic E-state index is 5.72. The topological polar surface area (TPSA) is 43.3 Å². The molecule has 0 radical (unpaired) electrons. The van der Waals surface area contributed by atoms with Crippen LogP contribution in [0.25, 0.3) is 5.65 Å². The predicted molar refractivity (Wildman–Crippen MR) is 67.5 cm³/mol. The number of rotatable bonds is 2. The van der Waals surface area contributed by atoms with Crippen LogP contribution in [0.15, 0.2) is 24.5 Å². The molecule has 1 aliphatic heterocycles. The summed E-state index contributed by atoms with van der Waals surface area (Å²) < 4.78 is 2.09. The number of hydrogen-bond donors (Lipinski definition) is 1. The Morgan fingerprint density at radius 2 is 2.50 bits per heavy atom. The lowest BCUT2D eigenvalue weighted by Gasteiger charge is -2.01. The smallest absolute Gasteiger partial charge is 0.141 e. The van der Waals surface area contributed by atoms with E-state index in [4.69, 9.17) is 10.7 Å². The Kier molecular flexibility index (Phi) is 2.61. The molecule has 4 heteroatoms. The van der Waals surface area contributed by atoms with Crippen molar-refractivity contribution in [3.63, 3.8) is 0 Å². The van der Waals surface area contributed by atoms with Crippen LogP contribution in [0.2, 0.25) is 0 Å². The van der Waals surface area contributed by atoms with E-state index in [2.05, 4.69) is 10.6 Å². The first-order chi connectivity index (χ1) is 7.88. The van der Waals surface area contributed by atoms with Crippen LogP contribution in [0, 0.1) is 0 Å². The summed E-state index contributed by atoms with van der Waals surface area (Å²) in [4.78, 5) is 4.73. The molecule has 2 N–H and O–H groups in total. The van der Waals surface area contributed by atoms with Crippen LogP contribution in [0.3, 0.4) is 0 Å². The van der Waals surface area contributed by atoms with Crippen LogP contribution in [0.4, 0.5) is 0 Å². The minimum absolute atomic E-state index is 0.554. The van der Waals surface area contributed by atoms with Gasteiger partial charge in [-0.2, -0.15) is 11.8 Å². The van der Waals surface area contributed by atoms with Gasteiger partial charge in [0.1, 0.15) is 5.65 Å². The third-order valence-electron chi connectivity index (χ3n) is 3.06. The number of nitrogens with zero attached hydrogens (tertiary/aromatic N) is 2. The van der Waals surface area contributed by atoms with E-state index >= 15 is 0 Å². The van der Waals surface area contributed by atoms with Crippen molar-refractivity contribution in [2.24, 2.45) is 5.73 Å². The van der Waals surface area contributed by atoms with Crippen molar-refractivity contribution in [3.8, 4) is 0 Å². The highest BCUT2D eigenvalue weighted by Crippen LogP contribution is 2.39. The van der Waals surface area contributed by atoms with Crippen LogP contribution < -0.4 is 5.73 Å². The van der Waals surface area contributed by atoms with Gasteiger partial charge < -0.3 is 10.1 Å². The lowest BCUT2D eigenvalue weighted by molar-refractivity contribution is 0.813. The minimum Gasteiger partial charge on any atom is -0.326 e. The van der Waals surface area contributed by atoms with Gasteiger partial charge in [0.25, 0.3) is 0 Å². The lowest BCUT2D eigenvalue weighted by atomic mass is 10.2. The van der Waals surface area contributed by atoms with Crippen molar-refractivity contribution in [3.05, 3.63) is 35.8 Å². The van der Waals surface area contributed by atoms with Crippen LogP contribution in [0.5, 0.6) is 0 Å². The van der Waals surface area contributed by atoms with E-state index in [1.807, 2.05) is 30.1 Å². The molecule has 0 spiro atoms. The van der Waals surface area contributed by atoms with Crippen LogP contribution in [-0.2, 0) is 6.54 Å². The first-order valence-electron chi connectivity index (χ1n) is 5.66. The molecule has 0 aliphatic carbocycles. The molecule has 0 aromatic carbocycles. The van der Waals surface area contributed by atoms with Gasteiger partial charge in [0.15, 0.2) is 0 Å². The van der Waals surface area contributed by atoms with E-state index < -0.39 is 0 Å². The van der Waals surface area contributed by atoms with E-state index in [9.17, 15) is 0 Å². The second kappa shape index (κ2) is 4.11. The molecule has 0 bridgehead atoms. The minimum atomic E-state index is 0.554. The normalized spacial score (nSPS) is 20.7. The Bertz CT molecular complexity index is 500.